The maximum absolute atomic E-state index is 13.9. The zero-order valence-electron chi connectivity index (χ0n) is 16.4. The minimum absolute atomic E-state index is 0.106. The number of para-hydroxylation sites is 1. The quantitative estimate of drug-likeness (QED) is 0.779. The van der Waals surface area contributed by atoms with Crippen molar-refractivity contribution in [2.45, 2.75) is 12.5 Å². The normalized spacial score (nSPS) is 19.9. The maximum Gasteiger partial charge on any atom is 0.257 e. The highest BCUT2D eigenvalue weighted by Gasteiger charge is 2.34. The molecule has 152 valence electrons. The van der Waals surface area contributed by atoms with Gasteiger partial charge >= 0.3 is 0 Å². The first kappa shape index (κ1) is 19.5. The first-order valence-corrected chi connectivity index (χ1v) is 9.74. The van der Waals surface area contributed by atoms with E-state index in [1.165, 1.54) is 17.1 Å². The molecule has 0 aromatic heterocycles. The van der Waals surface area contributed by atoms with Gasteiger partial charge in [-0.15, -0.1) is 0 Å². The van der Waals surface area contributed by atoms with E-state index in [1.807, 2.05) is 30.3 Å². The molecule has 6 nitrogen and oxygen atoms in total. The van der Waals surface area contributed by atoms with Crippen LogP contribution in [0.3, 0.4) is 0 Å². The second kappa shape index (κ2) is 8.71. The lowest BCUT2D eigenvalue weighted by Gasteiger charge is -2.29. The highest BCUT2D eigenvalue weighted by Crippen LogP contribution is 2.35. The summed E-state index contributed by atoms with van der Waals surface area (Å²) in [7, 11) is 1.61. The molecule has 2 heterocycles. The van der Waals surface area contributed by atoms with Crippen molar-refractivity contribution in [3.05, 3.63) is 65.5 Å². The van der Waals surface area contributed by atoms with Gasteiger partial charge in [0.1, 0.15) is 11.6 Å². The van der Waals surface area contributed by atoms with Crippen molar-refractivity contribution < 1.29 is 18.7 Å². The molecule has 4 rings (SSSR count). The Hall–Kier alpha value is -2.77. The van der Waals surface area contributed by atoms with Crippen LogP contribution in [0.5, 0.6) is 5.75 Å². The van der Waals surface area contributed by atoms with Gasteiger partial charge in [0.05, 0.1) is 38.6 Å². The van der Waals surface area contributed by atoms with Crippen molar-refractivity contribution in [1.29, 1.82) is 0 Å². The van der Waals surface area contributed by atoms with Crippen LogP contribution in [0.2, 0.25) is 0 Å². The highest BCUT2D eigenvalue weighted by molar-refractivity contribution is 6.05. The van der Waals surface area contributed by atoms with Gasteiger partial charge < -0.3 is 9.47 Å². The van der Waals surface area contributed by atoms with Crippen LogP contribution in [0.25, 0.3) is 0 Å². The third kappa shape index (κ3) is 4.31. The van der Waals surface area contributed by atoms with Gasteiger partial charge in [-0.25, -0.2) is 9.40 Å². The number of halogens is 1. The van der Waals surface area contributed by atoms with Crippen molar-refractivity contribution >= 4 is 11.6 Å². The molecule has 1 fully saturated rings. The summed E-state index contributed by atoms with van der Waals surface area (Å²) in [5.74, 6) is 0.270. The number of methoxy groups -OCH3 is 1. The number of ether oxygens (including phenoxy) is 2. The van der Waals surface area contributed by atoms with Crippen molar-refractivity contribution in [3.8, 4) is 5.75 Å². The number of carbonyl (C=O) groups is 1. The number of hydrazone groups is 1. The fourth-order valence-electron chi connectivity index (χ4n) is 3.78. The van der Waals surface area contributed by atoms with E-state index in [9.17, 15) is 9.18 Å². The maximum atomic E-state index is 13.9. The van der Waals surface area contributed by atoms with E-state index in [0.29, 0.717) is 38.5 Å². The number of carbonyl (C=O) groups excluding carboxylic acids is 1. The second-order valence-electron chi connectivity index (χ2n) is 7.15. The Morgan fingerprint density at radius 3 is 2.76 bits per heavy atom. The van der Waals surface area contributed by atoms with E-state index < -0.39 is 0 Å². The van der Waals surface area contributed by atoms with Gasteiger partial charge in [-0.2, -0.15) is 5.10 Å². The Morgan fingerprint density at radius 2 is 2.00 bits per heavy atom. The number of rotatable bonds is 5. The Bertz CT molecular complexity index is 912. The molecule has 29 heavy (non-hydrogen) atoms. The molecule has 2 aliphatic rings. The first-order chi connectivity index (χ1) is 14.2. The third-order valence-corrected chi connectivity index (χ3v) is 5.28. The van der Waals surface area contributed by atoms with E-state index >= 15 is 0 Å². The molecule has 1 atom stereocenters. The monoisotopic (exact) mass is 397 g/mol. The van der Waals surface area contributed by atoms with E-state index in [2.05, 4.69) is 10.0 Å². The number of morpholine rings is 1. The fourth-order valence-corrected chi connectivity index (χ4v) is 3.78. The van der Waals surface area contributed by atoms with Crippen LogP contribution in [0.15, 0.2) is 53.6 Å². The van der Waals surface area contributed by atoms with E-state index in [4.69, 9.17) is 9.47 Å². The highest BCUT2D eigenvalue weighted by atomic mass is 19.1. The molecule has 1 amide bonds. The molecule has 0 radical (unpaired) electrons. The van der Waals surface area contributed by atoms with Crippen LogP contribution < -0.4 is 4.74 Å². The predicted molar refractivity (Wildman–Crippen MR) is 107 cm³/mol. The summed E-state index contributed by atoms with van der Waals surface area (Å²) in [6.45, 7) is 2.94. The Morgan fingerprint density at radius 1 is 1.21 bits per heavy atom. The molecule has 2 aromatic carbocycles. The van der Waals surface area contributed by atoms with Crippen LogP contribution in [0.4, 0.5) is 4.39 Å². The van der Waals surface area contributed by atoms with Crippen molar-refractivity contribution in [3.63, 3.8) is 0 Å². The summed E-state index contributed by atoms with van der Waals surface area (Å²) < 4.78 is 24.7. The number of nitrogens with zero attached hydrogens (tertiary/aromatic N) is 3. The summed E-state index contributed by atoms with van der Waals surface area (Å²) in [5, 5.41) is 6.17. The third-order valence-electron chi connectivity index (χ3n) is 5.28. The number of hydrogen-bond donors (Lipinski definition) is 0. The van der Waals surface area contributed by atoms with Crippen LogP contribution in [-0.4, -0.2) is 61.5 Å². The predicted octanol–water partition coefficient (Wildman–Crippen LogP) is 2.84. The molecule has 2 aliphatic heterocycles. The summed E-state index contributed by atoms with van der Waals surface area (Å²) in [5.41, 5.74) is 2.33. The van der Waals surface area contributed by atoms with Crippen LogP contribution >= 0.6 is 0 Å². The number of benzene rings is 2. The summed E-state index contributed by atoms with van der Waals surface area (Å²) in [6.07, 6.45) is 0.499. The molecule has 1 unspecified atom stereocenters. The molecule has 0 N–H and O–H groups in total. The molecular weight excluding hydrogens is 373 g/mol. The molecule has 0 bridgehead atoms. The Labute approximate surface area is 169 Å². The average molecular weight is 397 g/mol. The zero-order valence-corrected chi connectivity index (χ0v) is 16.4. The number of amides is 1. The first-order valence-electron chi connectivity index (χ1n) is 9.74. The van der Waals surface area contributed by atoms with Crippen molar-refractivity contribution in [2.75, 3.05) is 40.0 Å². The fraction of sp³-hybridized carbons (Fsp3) is 0.364. The lowest BCUT2D eigenvalue weighted by molar-refractivity contribution is -0.135. The van der Waals surface area contributed by atoms with E-state index in [-0.39, 0.29) is 24.3 Å². The minimum Gasteiger partial charge on any atom is -0.496 e. The molecular formula is C22H24FN3O3. The second-order valence-corrected chi connectivity index (χ2v) is 7.15. The van der Waals surface area contributed by atoms with Gasteiger partial charge in [-0.3, -0.25) is 9.69 Å². The molecule has 0 spiro atoms. The average Bonchev–Trinajstić information content (AvgIpc) is 3.20. The molecule has 7 heteroatoms. The van der Waals surface area contributed by atoms with Gasteiger partial charge in [0.25, 0.3) is 5.91 Å². The van der Waals surface area contributed by atoms with E-state index in [0.717, 1.165) is 16.8 Å². The van der Waals surface area contributed by atoms with Crippen LogP contribution in [-0.2, 0) is 9.53 Å². The molecule has 1 saturated heterocycles. The molecule has 0 aliphatic carbocycles. The Kier molecular flexibility index (Phi) is 5.87. The van der Waals surface area contributed by atoms with E-state index in [1.54, 1.807) is 13.2 Å². The zero-order chi connectivity index (χ0) is 20.2. The van der Waals surface area contributed by atoms with Gasteiger partial charge in [0, 0.05) is 25.1 Å². The lowest BCUT2D eigenvalue weighted by atomic mass is 9.98. The van der Waals surface area contributed by atoms with Crippen LogP contribution in [0.1, 0.15) is 23.6 Å². The van der Waals surface area contributed by atoms with Gasteiger partial charge in [-0.05, 0) is 29.8 Å². The topological polar surface area (TPSA) is 54.4 Å². The Balaban J connectivity index is 1.64. The summed E-state index contributed by atoms with van der Waals surface area (Å²) in [6, 6.07) is 13.6. The van der Waals surface area contributed by atoms with Crippen LogP contribution in [0, 0.1) is 5.82 Å². The van der Waals surface area contributed by atoms with Crippen molar-refractivity contribution in [1.82, 2.24) is 9.91 Å². The summed E-state index contributed by atoms with van der Waals surface area (Å²) >= 11 is 0. The SMILES string of the molecule is COc1ccccc1C1=NN(C(=O)CN2CCOCC2)C(c2cccc(F)c2)C1. The minimum atomic E-state index is -0.348. The summed E-state index contributed by atoms with van der Waals surface area (Å²) in [4.78, 5) is 15.2. The molecule has 0 saturated carbocycles. The van der Waals surface area contributed by atoms with Gasteiger partial charge in [0.2, 0.25) is 0 Å². The van der Waals surface area contributed by atoms with Crippen molar-refractivity contribution in [2.24, 2.45) is 5.10 Å². The molecule has 2 aromatic rings. The standard InChI is InChI=1S/C22H24FN3O3/c1-28-21-8-3-2-7-18(21)19-14-20(16-5-4-6-17(23)13-16)26(24-19)22(27)15-25-9-11-29-12-10-25/h2-8,13,20H,9-12,14-15H2,1H3. The smallest absolute Gasteiger partial charge is 0.257 e. The largest absolute Gasteiger partial charge is 0.496 e. The van der Waals surface area contributed by atoms with Gasteiger partial charge in [-0.1, -0.05) is 24.3 Å². The number of hydrogen-bond acceptors (Lipinski definition) is 5. The lowest BCUT2D eigenvalue weighted by Crippen LogP contribution is -2.43. The van der Waals surface area contributed by atoms with Gasteiger partial charge in [0.15, 0.2) is 0 Å².